The number of aromatic nitrogens is 3. The number of halogens is 3. The van der Waals surface area contributed by atoms with E-state index in [4.69, 9.17) is 39.9 Å². The predicted molar refractivity (Wildman–Crippen MR) is 151 cm³/mol. The van der Waals surface area contributed by atoms with Crippen molar-refractivity contribution >= 4 is 52.4 Å². The molecule has 5 nitrogen and oxygen atoms in total. The number of fused-ring (bicyclic) bond motifs is 1. The molecule has 1 N–H and O–H groups in total. The molecule has 0 aliphatic heterocycles. The van der Waals surface area contributed by atoms with E-state index in [0.29, 0.717) is 39.4 Å². The second kappa shape index (κ2) is 11.5. The summed E-state index contributed by atoms with van der Waals surface area (Å²) in [6, 6.07) is 18.8. The lowest BCUT2D eigenvalue weighted by Gasteiger charge is -2.13. The van der Waals surface area contributed by atoms with Gasteiger partial charge in [-0.05, 0) is 85.4 Å². The van der Waals surface area contributed by atoms with Crippen LogP contribution in [0.2, 0.25) is 15.1 Å². The zero-order valence-corrected chi connectivity index (χ0v) is 22.3. The largest absolute Gasteiger partial charge is 0.350 e. The summed E-state index contributed by atoms with van der Waals surface area (Å²) in [5.74, 6) is -0.205. The van der Waals surface area contributed by atoms with Gasteiger partial charge in [0, 0.05) is 40.5 Å². The topological polar surface area (TPSA) is 59.8 Å². The summed E-state index contributed by atoms with van der Waals surface area (Å²) in [6.07, 6.45) is 8.10. The van der Waals surface area contributed by atoms with Gasteiger partial charge in [0.1, 0.15) is 0 Å². The molecule has 0 radical (unpaired) electrons. The summed E-state index contributed by atoms with van der Waals surface area (Å²) in [5.41, 5.74) is 5.99. The van der Waals surface area contributed by atoms with E-state index >= 15 is 0 Å². The Labute approximate surface area is 231 Å². The van der Waals surface area contributed by atoms with Crippen molar-refractivity contribution in [1.82, 2.24) is 20.1 Å². The maximum atomic E-state index is 13.4. The van der Waals surface area contributed by atoms with Crippen molar-refractivity contribution in [1.29, 1.82) is 0 Å². The van der Waals surface area contributed by atoms with E-state index in [1.165, 1.54) is 0 Å². The minimum atomic E-state index is -0.205. The van der Waals surface area contributed by atoms with Crippen LogP contribution in [0.3, 0.4) is 0 Å². The van der Waals surface area contributed by atoms with Gasteiger partial charge in [0.2, 0.25) is 0 Å². The van der Waals surface area contributed by atoms with Crippen LogP contribution in [-0.4, -0.2) is 27.2 Å². The van der Waals surface area contributed by atoms with Crippen molar-refractivity contribution < 1.29 is 4.79 Å². The number of hydrogen-bond donors (Lipinski definition) is 1. The van der Waals surface area contributed by atoms with E-state index in [-0.39, 0.29) is 5.91 Å². The van der Waals surface area contributed by atoms with E-state index in [1.807, 2.05) is 48.5 Å². The molecule has 0 atom stereocenters. The molecule has 2 heterocycles. The first-order valence-electron chi connectivity index (χ1n) is 12.2. The quantitative estimate of drug-likeness (QED) is 0.253. The molecular formula is C29H25Cl3N4O. The fourth-order valence-electron chi connectivity index (χ4n) is 4.60. The van der Waals surface area contributed by atoms with Crippen LogP contribution in [0.15, 0.2) is 66.9 Å². The molecule has 0 bridgehead atoms. The molecule has 0 spiro atoms. The van der Waals surface area contributed by atoms with Crippen LogP contribution >= 0.6 is 34.8 Å². The van der Waals surface area contributed by atoms with Gasteiger partial charge in [-0.15, -0.1) is 0 Å². The highest BCUT2D eigenvalue weighted by Gasteiger charge is 2.28. The van der Waals surface area contributed by atoms with Crippen LogP contribution in [0.5, 0.6) is 0 Å². The van der Waals surface area contributed by atoms with Gasteiger partial charge in [0.25, 0.3) is 5.91 Å². The molecule has 1 amide bonds. The number of carbonyl (C=O) groups is 1. The number of amides is 1. The first kappa shape index (κ1) is 25.5. The molecule has 5 rings (SSSR count). The monoisotopic (exact) mass is 550 g/mol. The number of pyridine rings is 1. The third kappa shape index (κ3) is 5.90. The Morgan fingerprint density at radius 1 is 0.973 bits per heavy atom. The number of allylic oxidation sites excluding steroid dienone is 1. The van der Waals surface area contributed by atoms with Crippen molar-refractivity contribution in [3.8, 4) is 5.69 Å². The summed E-state index contributed by atoms with van der Waals surface area (Å²) in [6.45, 7) is 0.465. The lowest BCUT2D eigenvalue weighted by Crippen LogP contribution is -2.27. The zero-order valence-electron chi connectivity index (χ0n) is 20.1. The fourth-order valence-corrected chi connectivity index (χ4v) is 5.21. The van der Waals surface area contributed by atoms with Crippen LogP contribution < -0.4 is 5.32 Å². The fraction of sp³-hybridized carbons (Fsp3) is 0.207. The molecular weight excluding hydrogens is 527 g/mol. The highest BCUT2D eigenvalue weighted by atomic mass is 35.5. The van der Waals surface area contributed by atoms with Gasteiger partial charge >= 0.3 is 0 Å². The van der Waals surface area contributed by atoms with Crippen LogP contribution in [0.4, 0.5) is 0 Å². The van der Waals surface area contributed by atoms with Gasteiger partial charge in [-0.1, -0.05) is 53.0 Å². The Kier molecular flexibility index (Phi) is 7.94. The van der Waals surface area contributed by atoms with Crippen LogP contribution in [-0.2, 0) is 12.8 Å². The number of nitrogens with one attached hydrogen (secondary N) is 1. The highest BCUT2D eigenvalue weighted by molar-refractivity contribution is 6.35. The van der Waals surface area contributed by atoms with Gasteiger partial charge in [-0.2, -0.15) is 5.10 Å². The molecule has 0 saturated carbocycles. The third-order valence-corrected chi connectivity index (χ3v) is 7.16. The Morgan fingerprint density at radius 2 is 1.76 bits per heavy atom. The smallest absolute Gasteiger partial charge is 0.272 e. The average Bonchev–Trinajstić information content (AvgIpc) is 3.14. The summed E-state index contributed by atoms with van der Waals surface area (Å²) in [7, 11) is 0. The van der Waals surface area contributed by atoms with Crippen molar-refractivity contribution in [2.45, 2.75) is 32.1 Å². The molecule has 1 aliphatic carbocycles. The molecule has 0 unspecified atom stereocenters. The molecule has 2 aromatic heterocycles. The van der Waals surface area contributed by atoms with E-state index < -0.39 is 0 Å². The van der Waals surface area contributed by atoms with Crippen molar-refractivity contribution in [3.63, 3.8) is 0 Å². The number of nitrogens with zero attached hydrogens (tertiary/aromatic N) is 3. The molecule has 8 heteroatoms. The lowest BCUT2D eigenvalue weighted by atomic mass is 10.0. The van der Waals surface area contributed by atoms with Gasteiger partial charge in [0.05, 0.1) is 16.4 Å². The molecule has 1 aliphatic rings. The van der Waals surface area contributed by atoms with Crippen molar-refractivity contribution in [2.75, 3.05) is 6.54 Å². The molecule has 0 fully saturated rings. The second-order valence-electron chi connectivity index (χ2n) is 8.94. The SMILES string of the molecule is O=C(NCCc1ccccn1)c1nn(-c2ccc(Cl)cc2Cl)c2c1CCCC/C2=C\c1ccc(Cl)cc1. The second-order valence-corrected chi connectivity index (χ2v) is 10.2. The predicted octanol–water partition coefficient (Wildman–Crippen LogP) is 7.47. The standard InChI is InChI=1S/C29H25Cl3N4O/c30-21-10-8-19(9-11-21)17-20-5-1-2-7-24-27(29(37)34-16-14-23-6-3-4-15-33-23)35-36(28(20)24)26-13-12-22(31)18-25(26)32/h3-4,6,8-13,15,17-18H,1-2,5,7,14,16H2,(H,34,37)/b20-17+. The molecule has 188 valence electrons. The van der Waals surface area contributed by atoms with E-state index in [9.17, 15) is 4.79 Å². The van der Waals surface area contributed by atoms with E-state index in [0.717, 1.165) is 53.8 Å². The number of benzene rings is 2. The number of carbonyl (C=O) groups excluding carboxylic acids is 1. The van der Waals surface area contributed by atoms with E-state index in [1.54, 1.807) is 23.0 Å². The first-order chi connectivity index (χ1) is 18.0. The third-order valence-electron chi connectivity index (χ3n) is 6.37. The van der Waals surface area contributed by atoms with Gasteiger partial charge in [-0.25, -0.2) is 4.68 Å². The number of hydrogen-bond acceptors (Lipinski definition) is 3. The maximum absolute atomic E-state index is 13.4. The van der Waals surface area contributed by atoms with Crippen LogP contribution in [0.1, 0.15) is 52.3 Å². The summed E-state index contributed by atoms with van der Waals surface area (Å²) >= 11 is 18.9. The minimum Gasteiger partial charge on any atom is -0.350 e. The van der Waals surface area contributed by atoms with E-state index in [2.05, 4.69) is 16.4 Å². The van der Waals surface area contributed by atoms with Gasteiger partial charge < -0.3 is 5.32 Å². The van der Waals surface area contributed by atoms with Crippen molar-refractivity contribution in [3.05, 3.63) is 110 Å². The average molecular weight is 552 g/mol. The minimum absolute atomic E-state index is 0.205. The zero-order chi connectivity index (χ0) is 25.8. The highest BCUT2D eigenvalue weighted by Crippen LogP contribution is 2.37. The maximum Gasteiger partial charge on any atom is 0.272 e. The van der Waals surface area contributed by atoms with Crippen LogP contribution in [0.25, 0.3) is 17.3 Å². The van der Waals surface area contributed by atoms with Crippen molar-refractivity contribution in [2.24, 2.45) is 0 Å². The Hall–Kier alpha value is -3.12. The normalized spacial score (nSPS) is 14.3. The summed E-state index contributed by atoms with van der Waals surface area (Å²) < 4.78 is 1.80. The summed E-state index contributed by atoms with van der Waals surface area (Å²) in [5, 5.41) is 9.55. The summed E-state index contributed by atoms with van der Waals surface area (Å²) in [4.78, 5) is 17.7. The molecule has 4 aromatic rings. The van der Waals surface area contributed by atoms with Gasteiger partial charge in [0.15, 0.2) is 5.69 Å². The number of rotatable bonds is 6. The Morgan fingerprint density at radius 3 is 2.51 bits per heavy atom. The first-order valence-corrected chi connectivity index (χ1v) is 13.3. The Balaban J connectivity index is 1.56. The molecule has 2 aromatic carbocycles. The van der Waals surface area contributed by atoms with Crippen LogP contribution in [0, 0.1) is 0 Å². The van der Waals surface area contributed by atoms with Gasteiger partial charge in [-0.3, -0.25) is 9.78 Å². The molecule has 37 heavy (non-hydrogen) atoms. The Bertz CT molecular complexity index is 1450. The lowest BCUT2D eigenvalue weighted by molar-refractivity contribution is 0.0947. The molecule has 0 saturated heterocycles.